The lowest BCUT2D eigenvalue weighted by Gasteiger charge is -2.08. The molecule has 10 heteroatoms. The molecule has 3 rings (SSSR count). The van der Waals surface area contributed by atoms with Gasteiger partial charge in [0.2, 0.25) is 5.91 Å². The van der Waals surface area contributed by atoms with Crippen LogP contribution in [-0.4, -0.2) is 31.3 Å². The van der Waals surface area contributed by atoms with Crippen molar-refractivity contribution in [3.63, 3.8) is 0 Å². The Balaban J connectivity index is 1.71. The van der Waals surface area contributed by atoms with Crippen LogP contribution in [0.4, 0.5) is 11.4 Å². The summed E-state index contributed by atoms with van der Waals surface area (Å²) >= 11 is 4.61. The number of thioether (sulfide) groups is 1. The van der Waals surface area contributed by atoms with Crippen molar-refractivity contribution in [3.05, 3.63) is 63.1 Å². The molecule has 8 nitrogen and oxygen atoms in total. The quantitative estimate of drug-likeness (QED) is 0.318. The van der Waals surface area contributed by atoms with Crippen molar-refractivity contribution in [2.45, 2.75) is 18.6 Å². The van der Waals surface area contributed by atoms with Crippen LogP contribution in [0.5, 0.6) is 0 Å². The number of nitro groups is 1. The molecule has 0 atom stereocenters. The van der Waals surface area contributed by atoms with Crippen LogP contribution >= 0.6 is 27.7 Å². The highest BCUT2D eigenvalue weighted by Gasteiger charge is 2.16. The Hall–Kier alpha value is -2.72. The van der Waals surface area contributed by atoms with Crippen molar-refractivity contribution in [3.8, 4) is 11.4 Å². The standard InChI is InChI=1S/C18H16BrN5O3S/c1-2-23-17(12-4-3-5-15(10-12)24(26)27)21-22-18(23)28-11-16(25)20-14-8-6-13(19)7-9-14/h3-10H,2,11H2,1H3,(H,20,25). The van der Waals surface area contributed by atoms with Gasteiger partial charge in [-0.2, -0.15) is 0 Å². The number of amides is 1. The Morgan fingerprint density at radius 3 is 2.68 bits per heavy atom. The third-order valence-electron chi connectivity index (χ3n) is 3.81. The van der Waals surface area contributed by atoms with Crippen LogP contribution in [-0.2, 0) is 11.3 Å². The number of carbonyl (C=O) groups excluding carboxylic acids is 1. The number of aromatic nitrogens is 3. The maximum Gasteiger partial charge on any atom is 0.270 e. The first-order chi connectivity index (χ1) is 13.5. The fourth-order valence-electron chi connectivity index (χ4n) is 2.51. The first-order valence-electron chi connectivity index (χ1n) is 8.34. The highest BCUT2D eigenvalue weighted by Crippen LogP contribution is 2.26. The summed E-state index contributed by atoms with van der Waals surface area (Å²) in [5, 5.41) is 22.7. The van der Waals surface area contributed by atoms with Gasteiger partial charge in [0.15, 0.2) is 11.0 Å². The molecule has 0 aliphatic rings. The van der Waals surface area contributed by atoms with E-state index in [1.165, 1.54) is 23.9 Å². The molecular weight excluding hydrogens is 446 g/mol. The van der Waals surface area contributed by atoms with Crippen LogP contribution in [0.25, 0.3) is 11.4 Å². The van der Waals surface area contributed by atoms with Crippen LogP contribution in [0.2, 0.25) is 0 Å². The van der Waals surface area contributed by atoms with Crippen LogP contribution < -0.4 is 5.32 Å². The van der Waals surface area contributed by atoms with Crippen LogP contribution in [0.15, 0.2) is 58.2 Å². The third-order valence-corrected chi connectivity index (χ3v) is 5.30. The van der Waals surface area contributed by atoms with E-state index < -0.39 is 4.92 Å². The number of halogens is 1. The van der Waals surface area contributed by atoms with E-state index in [1.807, 2.05) is 35.8 Å². The normalized spacial score (nSPS) is 10.6. The van der Waals surface area contributed by atoms with Crippen molar-refractivity contribution < 1.29 is 9.72 Å². The largest absolute Gasteiger partial charge is 0.325 e. The molecule has 1 amide bonds. The number of non-ortho nitro benzene ring substituents is 1. The predicted molar refractivity (Wildman–Crippen MR) is 111 cm³/mol. The SMILES string of the molecule is CCn1c(SCC(=O)Nc2ccc(Br)cc2)nnc1-c1cccc([N+](=O)[O-])c1. The van der Waals surface area contributed by atoms with E-state index in [2.05, 4.69) is 31.4 Å². The number of hydrogen-bond donors (Lipinski definition) is 1. The number of nitrogens with zero attached hydrogens (tertiary/aromatic N) is 4. The van der Waals surface area contributed by atoms with Gasteiger partial charge in [0.1, 0.15) is 0 Å². The summed E-state index contributed by atoms with van der Waals surface area (Å²) in [6.07, 6.45) is 0. The topological polar surface area (TPSA) is 103 Å². The zero-order valence-corrected chi connectivity index (χ0v) is 17.2. The molecule has 0 aliphatic carbocycles. The minimum atomic E-state index is -0.446. The van der Waals surface area contributed by atoms with Gasteiger partial charge in [0, 0.05) is 34.4 Å². The summed E-state index contributed by atoms with van der Waals surface area (Å²) in [4.78, 5) is 22.7. The number of nitro benzene ring substituents is 1. The predicted octanol–water partition coefficient (Wildman–Crippen LogP) is 4.37. The molecule has 1 N–H and O–H groups in total. The number of carbonyl (C=O) groups is 1. The molecule has 3 aromatic rings. The Morgan fingerprint density at radius 1 is 1.25 bits per heavy atom. The molecule has 0 bridgehead atoms. The number of nitrogens with one attached hydrogen (secondary N) is 1. The minimum Gasteiger partial charge on any atom is -0.325 e. The zero-order chi connectivity index (χ0) is 20.1. The van der Waals surface area contributed by atoms with Crippen molar-refractivity contribution in [2.75, 3.05) is 11.1 Å². The van der Waals surface area contributed by atoms with E-state index in [0.29, 0.717) is 28.8 Å². The zero-order valence-electron chi connectivity index (χ0n) is 14.8. The molecule has 0 unspecified atom stereocenters. The highest BCUT2D eigenvalue weighted by atomic mass is 79.9. The maximum absolute atomic E-state index is 12.2. The van der Waals surface area contributed by atoms with Crippen LogP contribution in [0.3, 0.4) is 0 Å². The Kier molecular flexibility index (Phi) is 6.42. The Bertz CT molecular complexity index is 1010. The molecule has 2 aromatic carbocycles. The summed E-state index contributed by atoms with van der Waals surface area (Å²) < 4.78 is 2.76. The van der Waals surface area contributed by atoms with Gasteiger partial charge in [0.25, 0.3) is 5.69 Å². The first kappa shape index (κ1) is 20.0. The van der Waals surface area contributed by atoms with Gasteiger partial charge in [-0.05, 0) is 31.2 Å². The van der Waals surface area contributed by atoms with E-state index in [9.17, 15) is 14.9 Å². The lowest BCUT2D eigenvalue weighted by Crippen LogP contribution is -2.14. The Morgan fingerprint density at radius 2 is 2.00 bits per heavy atom. The van der Waals surface area contributed by atoms with E-state index in [0.717, 1.165) is 4.47 Å². The van der Waals surface area contributed by atoms with Gasteiger partial charge < -0.3 is 9.88 Å². The molecule has 0 fully saturated rings. The van der Waals surface area contributed by atoms with E-state index in [-0.39, 0.29) is 17.3 Å². The molecule has 0 saturated heterocycles. The number of rotatable bonds is 7. The third kappa shape index (κ3) is 4.76. The molecule has 144 valence electrons. The van der Waals surface area contributed by atoms with Gasteiger partial charge in [-0.15, -0.1) is 10.2 Å². The maximum atomic E-state index is 12.2. The number of hydrogen-bond acceptors (Lipinski definition) is 6. The molecule has 0 aliphatic heterocycles. The van der Waals surface area contributed by atoms with Crippen molar-refractivity contribution in [1.82, 2.24) is 14.8 Å². The number of benzene rings is 2. The molecule has 28 heavy (non-hydrogen) atoms. The Labute approximate surface area is 173 Å². The average Bonchev–Trinajstić information content (AvgIpc) is 3.11. The minimum absolute atomic E-state index is 0.00812. The fourth-order valence-corrected chi connectivity index (χ4v) is 3.58. The fraction of sp³-hybridized carbons (Fsp3) is 0.167. The van der Waals surface area contributed by atoms with E-state index in [4.69, 9.17) is 0 Å². The van der Waals surface area contributed by atoms with Gasteiger partial charge in [-0.25, -0.2) is 0 Å². The number of anilines is 1. The van der Waals surface area contributed by atoms with Crippen molar-refractivity contribution in [2.24, 2.45) is 0 Å². The van der Waals surface area contributed by atoms with Gasteiger partial charge >= 0.3 is 0 Å². The second-order valence-electron chi connectivity index (χ2n) is 5.70. The first-order valence-corrected chi connectivity index (χ1v) is 10.1. The van der Waals surface area contributed by atoms with Gasteiger partial charge in [-0.3, -0.25) is 14.9 Å². The lowest BCUT2D eigenvalue weighted by molar-refractivity contribution is -0.384. The molecule has 1 heterocycles. The second-order valence-corrected chi connectivity index (χ2v) is 7.56. The summed E-state index contributed by atoms with van der Waals surface area (Å²) in [6, 6.07) is 13.6. The average molecular weight is 462 g/mol. The molecule has 0 radical (unpaired) electrons. The summed E-state index contributed by atoms with van der Waals surface area (Å²) in [7, 11) is 0. The smallest absolute Gasteiger partial charge is 0.270 e. The molecule has 0 saturated carbocycles. The lowest BCUT2D eigenvalue weighted by atomic mass is 10.2. The monoisotopic (exact) mass is 461 g/mol. The van der Waals surface area contributed by atoms with Gasteiger partial charge in [0.05, 0.1) is 10.7 Å². The van der Waals surface area contributed by atoms with E-state index in [1.54, 1.807) is 12.1 Å². The van der Waals surface area contributed by atoms with Crippen LogP contribution in [0, 0.1) is 10.1 Å². The summed E-state index contributed by atoms with van der Waals surface area (Å²) in [5.41, 5.74) is 1.31. The molecule has 0 spiro atoms. The molecule has 1 aromatic heterocycles. The summed E-state index contributed by atoms with van der Waals surface area (Å²) in [5.74, 6) is 0.542. The summed E-state index contributed by atoms with van der Waals surface area (Å²) in [6.45, 7) is 2.50. The van der Waals surface area contributed by atoms with Gasteiger partial charge in [-0.1, -0.05) is 39.8 Å². The van der Waals surface area contributed by atoms with Crippen molar-refractivity contribution in [1.29, 1.82) is 0 Å². The second kappa shape index (κ2) is 8.98. The van der Waals surface area contributed by atoms with Crippen molar-refractivity contribution >= 4 is 45.0 Å². The molecular formula is C18H16BrN5O3S. The highest BCUT2D eigenvalue weighted by molar-refractivity contribution is 9.10. The van der Waals surface area contributed by atoms with Crippen LogP contribution in [0.1, 0.15) is 6.92 Å². The van der Waals surface area contributed by atoms with E-state index >= 15 is 0 Å².